The second-order valence-electron chi connectivity index (χ2n) is 7.50. The van der Waals surface area contributed by atoms with E-state index in [9.17, 15) is 4.79 Å². The molecule has 142 valence electrons. The smallest absolute Gasteiger partial charge is 0.292 e. The Morgan fingerprint density at radius 2 is 1.77 bits per heavy atom. The maximum Gasteiger partial charge on any atom is 0.292 e. The number of fused-ring (bicyclic) bond motifs is 1. The number of amides is 1. The van der Waals surface area contributed by atoms with Gasteiger partial charge in [-0.1, -0.05) is 12.1 Å². The highest BCUT2D eigenvalue weighted by Gasteiger charge is 2.47. The maximum atomic E-state index is 13.3. The molecule has 0 bridgehead atoms. The van der Waals surface area contributed by atoms with Crippen molar-refractivity contribution < 1.29 is 13.9 Å². The van der Waals surface area contributed by atoms with E-state index in [0.29, 0.717) is 18.9 Å². The van der Waals surface area contributed by atoms with Crippen molar-refractivity contribution in [2.45, 2.75) is 39.3 Å². The van der Waals surface area contributed by atoms with Crippen molar-refractivity contribution in [2.24, 2.45) is 0 Å². The number of likely N-dealkylation sites (tertiary alicyclic amines) is 1. The zero-order valence-electron chi connectivity index (χ0n) is 15.9. The van der Waals surface area contributed by atoms with Crippen molar-refractivity contribution >= 4 is 29.3 Å². The molecule has 0 aliphatic carbocycles. The van der Waals surface area contributed by atoms with Gasteiger partial charge < -0.3 is 19.0 Å². The Bertz CT molecular complexity index is 837. The van der Waals surface area contributed by atoms with Crippen molar-refractivity contribution in [3.05, 3.63) is 34.6 Å². The quantitative estimate of drug-likeness (QED) is 0.759. The summed E-state index contributed by atoms with van der Waals surface area (Å²) in [7, 11) is 2.11. The molecule has 4 rings (SSSR count). The first-order valence-corrected chi connectivity index (χ1v) is 9.07. The normalized spacial score (nSPS) is 19.9. The first kappa shape index (κ1) is 19.2. The molecular formula is C20H27ClN2O3. The van der Waals surface area contributed by atoms with Crippen LogP contribution in [-0.2, 0) is 4.74 Å². The Balaban J connectivity index is 0.00000196. The molecule has 1 amide bonds. The number of rotatable bonds is 1. The summed E-state index contributed by atoms with van der Waals surface area (Å²) in [6.07, 6.45) is 1.71. The third-order valence-electron chi connectivity index (χ3n) is 6.01. The summed E-state index contributed by atoms with van der Waals surface area (Å²) in [5, 5.41) is 1.03. The molecule has 6 heteroatoms. The fourth-order valence-corrected chi connectivity index (χ4v) is 4.12. The van der Waals surface area contributed by atoms with Gasteiger partial charge >= 0.3 is 0 Å². The molecule has 2 aliphatic rings. The van der Waals surface area contributed by atoms with E-state index in [1.54, 1.807) is 0 Å². The van der Waals surface area contributed by atoms with Gasteiger partial charge in [-0.25, -0.2) is 0 Å². The van der Waals surface area contributed by atoms with Crippen molar-refractivity contribution in [3.63, 3.8) is 0 Å². The largest absolute Gasteiger partial charge is 0.450 e. The molecule has 0 radical (unpaired) electrons. The predicted octanol–water partition coefficient (Wildman–Crippen LogP) is 3.67. The Kier molecular flexibility index (Phi) is 5.08. The van der Waals surface area contributed by atoms with Crippen LogP contribution < -0.4 is 0 Å². The van der Waals surface area contributed by atoms with E-state index in [4.69, 9.17) is 9.15 Å². The molecule has 26 heavy (non-hydrogen) atoms. The number of halogens is 1. The number of benzene rings is 1. The van der Waals surface area contributed by atoms with E-state index in [2.05, 4.69) is 31.0 Å². The summed E-state index contributed by atoms with van der Waals surface area (Å²) in [6, 6.07) is 4.14. The molecular weight excluding hydrogens is 352 g/mol. The molecule has 0 N–H and O–H groups in total. The minimum absolute atomic E-state index is 0. The second kappa shape index (κ2) is 6.87. The summed E-state index contributed by atoms with van der Waals surface area (Å²) in [4.78, 5) is 17.5. The number of hydrogen-bond acceptors (Lipinski definition) is 4. The molecule has 5 nitrogen and oxygen atoms in total. The lowest BCUT2D eigenvalue weighted by atomic mass is 9.98. The van der Waals surface area contributed by atoms with Gasteiger partial charge in [0.05, 0.1) is 6.61 Å². The third-order valence-corrected chi connectivity index (χ3v) is 6.01. The van der Waals surface area contributed by atoms with E-state index < -0.39 is 5.72 Å². The van der Waals surface area contributed by atoms with Gasteiger partial charge in [0.15, 0.2) is 5.76 Å². The minimum atomic E-state index is -0.458. The van der Waals surface area contributed by atoms with Gasteiger partial charge in [0, 0.05) is 43.4 Å². The summed E-state index contributed by atoms with van der Waals surface area (Å²) >= 11 is 0. The number of aryl methyl sites for hydroxylation is 3. The SMILES string of the molecule is Cc1ccc2c(C)c(C(=O)N3CCOC34CCN(C)CC4)oc2c1C.Cl. The second-order valence-corrected chi connectivity index (χ2v) is 7.50. The van der Waals surface area contributed by atoms with Crippen molar-refractivity contribution in [2.75, 3.05) is 33.3 Å². The standard InChI is InChI=1S/C20H26N2O3.ClH/c1-13-5-6-16-15(3)18(25-17(16)14(13)2)19(23)22-11-12-24-20(22)7-9-21(4)10-8-20;/h5-6H,7-12H2,1-4H3;1H. The van der Waals surface area contributed by atoms with Crippen LogP contribution in [-0.4, -0.2) is 54.7 Å². The van der Waals surface area contributed by atoms with Crippen LogP contribution in [0.2, 0.25) is 0 Å². The van der Waals surface area contributed by atoms with Crippen LogP contribution in [0.5, 0.6) is 0 Å². The molecule has 2 aromatic rings. The lowest BCUT2D eigenvalue weighted by Crippen LogP contribution is -2.54. The predicted molar refractivity (Wildman–Crippen MR) is 104 cm³/mol. The van der Waals surface area contributed by atoms with Gasteiger partial charge in [0.1, 0.15) is 11.3 Å². The van der Waals surface area contributed by atoms with Gasteiger partial charge in [-0.2, -0.15) is 0 Å². The van der Waals surface area contributed by atoms with Gasteiger partial charge in [-0.3, -0.25) is 4.79 Å². The third kappa shape index (κ3) is 2.82. The fourth-order valence-electron chi connectivity index (χ4n) is 4.12. The topological polar surface area (TPSA) is 45.9 Å². The van der Waals surface area contributed by atoms with E-state index in [0.717, 1.165) is 48.0 Å². The zero-order chi connectivity index (χ0) is 17.8. The molecule has 0 unspecified atom stereocenters. The average Bonchev–Trinajstić information content (AvgIpc) is 3.16. The Morgan fingerprint density at radius 3 is 2.46 bits per heavy atom. The molecule has 1 spiro atoms. The van der Waals surface area contributed by atoms with Crippen LogP contribution >= 0.6 is 12.4 Å². The number of ether oxygens (including phenoxy) is 1. The van der Waals surface area contributed by atoms with E-state index in [1.807, 2.05) is 18.7 Å². The summed E-state index contributed by atoms with van der Waals surface area (Å²) in [5.41, 5.74) is 3.58. The van der Waals surface area contributed by atoms with Crippen molar-refractivity contribution in [3.8, 4) is 0 Å². The molecule has 0 atom stereocenters. The lowest BCUT2D eigenvalue weighted by molar-refractivity contribution is -0.103. The molecule has 1 aromatic heterocycles. The monoisotopic (exact) mass is 378 g/mol. The Morgan fingerprint density at radius 1 is 1.08 bits per heavy atom. The Labute approximate surface area is 160 Å². The average molecular weight is 379 g/mol. The number of furan rings is 1. The highest BCUT2D eigenvalue weighted by atomic mass is 35.5. The number of nitrogens with zero attached hydrogens (tertiary/aromatic N) is 2. The van der Waals surface area contributed by atoms with Crippen LogP contribution in [0, 0.1) is 20.8 Å². The zero-order valence-corrected chi connectivity index (χ0v) is 16.7. The van der Waals surface area contributed by atoms with Crippen LogP contribution in [0.15, 0.2) is 16.5 Å². The fraction of sp³-hybridized carbons (Fsp3) is 0.550. The molecule has 2 aliphatic heterocycles. The number of hydrogen-bond donors (Lipinski definition) is 0. The minimum Gasteiger partial charge on any atom is -0.450 e. The van der Waals surface area contributed by atoms with Crippen LogP contribution in [0.25, 0.3) is 11.0 Å². The number of piperidine rings is 1. The molecule has 2 saturated heterocycles. The van der Waals surface area contributed by atoms with E-state index in [1.165, 1.54) is 5.56 Å². The van der Waals surface area contributed by atoms with Gasteiger partial charge in [-0.15, -0.1) is 12.4 Å². The van der Waals surface area contributed by atoms with Gasteiger partial charge in [0.25, 0.3) is 5.91 Å². The molecule has 1 aromatic carbocycles. The Hall–Kier alpha value is -1.56. The summed E-state index contributed by atoms with van der Waals surface area (Å²) < 4.78 is 12.2. The number of carbonyl (C=O) groups is 1. The van der Waals surface area contributed by atoms with E-state index in [-0.39, 0.29) is 18.3 Å². The van der Waals surface area contributed by atoms with Gasteiger partial charge in [-0.05, 0) is 38.9 Å². The van der Waals surface area contributed by atoms with Gasteiger partial charge in [0.2, 0.25) is 0 Å². The first-order chi connectivity index (χ1) is 11.9. The molecule has 3 heterocycles. The summed E-state index contributed by atoms with van der Waals surface area (Å²) in [5.74, 6) is 0.431. The highest BCUT2D eigenvalue weighted by Crippen LogP contribution is 2.37. The van der Waals surface area contributed by atoms with E-state index >= 15 is 0 Å². The first-order valence-electron chi connectivity index (χ1n) is 9.07. The molecule has 0 saturated carbocycles. The van der Waals surface area contributed by atoms with Crippen LogP contribution in [0.1, 0.15) is 40.1 Å². The lowest BCUT2D eigenvalue weighted by Gasteiger charge is -2.42. The summed E-state index contributed by atoms with van der Waals surface area (Å²) in [6.45, 7) is 9.22. The molecule has 2 fully saturated rings. The van der Waals surface area contributed by atoms with Crippen LogP contribution in [0.4, 0.5) is 0 Å². The van der Waals surface area contributed by atoms with Crippen molar-refractivity contribution in [1.29, 1.82) is 0 Å². The van der Waals surface area contributed by atoms with Crippen LogP contribution in [0.3, 0.4) is 0 Å². The number of carbonyl (C=O) groups excluding carboxylic acids is 1. The van der Waals surface area contributed by atoms with Crippen molar-refractivity contribution in [1.82, 2.24) is 9.80 Å². The highest BCUT2D eigenvalue weighted by molar-refractivity contribution is 6.00. The maximum absolute atomic E-state index is 13.3.